The van der Waals surface area contributed by atoms with Crippen LogP contribution in [0, 0.1) is 11.6 Å². The minimum atomic E-state index is -0.518. The Hall–Kier alpha value is -1.74. The van der Waals surface area contributed by atoms with Crippen LogP contribution in [-0.2, 0) is 13.0 Å². The molecule has 0 saturated carbocycles. The SMILES string of the molecule is Fc1ccc(CCC2CNCc3ccccc32)c(F)c1. The first-order valence-electron chi connectivity index (χ1n) is 6.96. The highest BCUT2D eigenvalue weighted by atomic mass is 19.1. The van der Waals surface area contributed by atoms with E-state index in [1.807, 2.05) is 6.07 Å². The largest absolute Gasteiger partial charge is 0.312 e. The standard InChI is InChI=1S/C17H17F2N/c18-15-8-7-12(17(19)9-15)5-6-14-11-20-10-13-3-1-2-4-16(13)14/h1-4,7-9,14,20H,5-6,10-11H2. The van der Waals surface area contributed by atoms with Crippen LogP contribution in [0.2, 0.25) is 0 Å². The van der Waals surface area contributed by atoms with Crippen molar-refractivity contribution >= 4 is 0 Å². The van der Waals surface area contributed by atoms with Crippen LogP contribution in [0.3, 0.4) is 0 Å². The molecule has 1 atom stereocenters. The van der Waals surface area contributed by atoms with Gasteiger partial charge < -0.3 is 5.32 Å². The molecule has 0 aromatic heterocycles. The van der Waals surface area contributed by atoms with Gasteiger partial charge in [0.15, 0.2) is 0 Å². The third kappa shape index (κ3) is 2.73. The maximum absolute atomic E-state index is 13.6. The Morgan fingerprint density at radius 2 is 1.95 bits per heavy atom. The van der Waals surface area contributed by atoms with Crippen LogP contribution >= 0.6 is 0 Å². The summed E-state index contributed by atoms with van der Waals surface area (Å²) in [5.41, 5.74) is 3.27. The number of hydrogen-bond donors (Lipinski definition) is 1. The lowest BCUT2D eigenvalue weighted by atomic mass is 9.86. The first kappa shape index (κ1) is 13.3. The van der Waals surface area contributed by atoms with Gasteiger partial charge >= 0.3 is 0 Å². The summed E-state index contributed by atoms with van der Waals surface area (Å²) < 4.78 is 26.5. The molecule has 20 heavy (non-hydrogen) atoms. The second kappa shape index (κ2) is 5.71. The summed E-state index contributed by atoms with van der Waals surface area (Å²) in [6, 6.07) is 12.2. The monoisotopic (exact) mass is 273 g/mol. The third-order valence-corrected chi connectivity index (χ3v) is 3.98. The molecule has 1 nitrogen and oxygen atoms in total. The Bertz CT molecular complexity index is 610. The number of rotatable bonds is 3. The van der Waals surface area contributed by atoms with Gasteiger partial charge in [0.2, 0.25) is 0 Å². The smallest absolute Gasteiger partial charge is 0.129 e. The predicted octanol–water partition coefficient (Wildman–Crippen LogP) is 3.78. The molecule has 0 saturated heterocycles. The number of hydrogen-bond acceptors (Lipinski definition) is 1. The molecule has 0 radical (unpaired) electrons. The van der Waals surface area contributed by atoms with E-state index in [9.17, 15) is 8.78 Å². The minimum absolute atomic E-state index is 0.393. The first-order chi connectivity index (χ1) is 9.74. The second-order valence-corrected chi connectivity index (χ2v) is 5.30. The normalized spacial score (nSPS) is 17.8. The highest BCUT2D eigenvalue weighted by Gasteiger charge is 2.19. The molecule has 1 aliphatic heterocycles. The van der Waals surface area contributed by atoms with Crippen molar-refractivity contribution in [2.75, 3.05) is 6.54 Å². The van der Waals surface area contributed by atoms with Crippen LogP contribution in [0.25, 0.3) is 0 Å². The molecule has 1 heterocycles. The van der Waals surface area contributed by atoms with E-state index >= 15 is 0 Å². The molecule has 104 valence electrons. The minimum Gasteiger partial charge on any atom is -0.312 e. The van der Waals surface area contributed by atoms with Crippen molar-refractivity contribution in [2.45, 2.75) is 25.3 Å². The molecule has 0 aliphatic carbocycles. The Morgan fingerprint density at radius 1 is 1.10 bits per heavy atom. The number of benzene rings is 2. The van der Waals surface area contributed by atoms with Crippen molar-refractivity contribution in [3.05, 3.63) is 70.8 Å². The Kier molecular flexibility index (Phi) is 3.79. The number of aryl methyl sites for hydroxylation is 1. The van der Waals surface area contributed by atoms with Gasteiger partial charge in [0.25, 0.3) is 0 Å². The van der Waals surface area contributed by atoms with Crippen molar-refractivity contribution in [1.82, 2.24) is 5.32 Å². The molecular formula is C17H17F2N. The van der Waals surface area contributed by atoms with E-state index < -0.39 is 11.6 Å². The summed E-state index contributed by atoms with van der Waals surface area (Å²) in [6.45, 7) is 1.82. The van der Waals surface area contributed by atoms with Crippen LogP contribution in [0.4, 0.5) is 8.78 Å². The number of fused-ring (bicyclic) bond motifs is 1. The lowest BCUT2D eigenvalue weighted by molar-refractivity contribution is 0.505. The van der Waals surface area contributed by atoms with Gasteiger partial charge in [-0.2, -0.15) is 0 Å². The fourth-order valence-corrected chi connectivity index (χ4v) is 2.90. The van der Waals surface area contributed by atoms with Gasteiger partial charge in [-0.25, -0.2) is 8.78 Å². The fourth-order valence-electron chi connectivity index (χ4n) is 2.90. The van der Waals surface area contributed by atoms with Crippen molar-refractivity contribution in [1.29, 1.82) is 0 Å². The molecule has 0 spiro atoms. The van der Waals surface area contributed by atoms with Crippen LogP contribution in [0.5, 0.6) is 0 Å². The molecule has 3 heteroatoms. The number of halogens is 2. The first-order valence-corrected chi connectivity index (χ1v) is 6.96. The average molecular weight is 273 g/mol. The van der Waals surface area contributed by atoms with E-state index in [1.165, 1.54) is 17.2 Å². The second-order valence-electron chi connectivity index (χ2n) is 5.30. The molecule has 0 fully saturated rings. The van der Waals surface area contributed by atoms with E-state index in [-0.39, 0.29) is 0 Å². The van der Waals surface area contributed by atoms with E-state index in [4.69, 9.17) is 0 Å². The zero-order valence-corrected chi connectivity index (χ0v) is 11.2. The lowest BCUT2D eigenvalue weighted by Crippen LogP contribution is -2.28. The van der Waals surface area contributed by atoms with Crippen molar-refractivity contribution in [2.24, 2.45) is 0 Å². The predicted molar refractivity (Wildman–Crippen MR) is 75.6 cm³/mol. The van der Waals surface area contributed by atoms with Gasteiger partial charge in [-0.1, -0.05) is 30.3 Å². The van der Waals surface area contributed by atoms with E-state index in [1.54, 1.807) is 6.07 Å². The molecule has 1 N–H and O–H groups in total. The lowest BCUT2D eigenvalue weighted by Gasteiger charge is -2.26. The van der Waals surface area contributed by atoms with Crippen LogP contribution < -0.4 is 5.32 Å². The van der Waals surface area contributed by atoms with Crippen LogP contribution in [0.1, 0.15) is 29.0 Å². The van der Waals surface area contributed by atoms with Gasteiger partial charge in [-0.3, -0.25) is 0 Å². The summed E-state index contributed by atoms with van der Waals surface area (Å²) in [6.07, 6.45) is 1.50. The van der Waals surface area contributed by atoms with Crippen molar-refractivity contribution in [3.63, 3.8) is 0 Å². The zero-order chi connectivity index (χ0) is 13.9. The number of nitrogens with one attached hydrogen (secondary N) is 1. The van der Waals surface area contributed by atoms with Gasteiger partial charge in [-0.15, -0.1) is 0 Å². The van der Waals surface area contributed by atoms with Gasteiger partial charge in [0, 0.05) is 19.2 Å². The summed E-state index contributed by atoms with van der Waals surface area (Å²) in [7, 11) is 0. The van der Waals surface area contributed by atoms with Crippen LogP contribution in [0.15, 0.2) is 42.5 Å². The molecule has 0 bridgehead atoms. The topological polar surface area (TPSA) is 12.0 Å². The molecular weight excluding hydrogens is 256 g/mol. The maximum atomic E-state index is 13.6. The molecule has 1 unspecified atom stereocenters. The molecule has 0 amide bonds. The quantitative estimate of drug-likeness (QED) is 0.897. The van der Waals surface area contributed by atoms with E-state index in [0.29, 0.717) is 17.9 Å². The summed E-state index contributed by atoms with van der Waals surface area (Å²) in [4.78, 5) is 0. The fraction of sp³-hybridized carbons (Fsp3) is 0.294. The molecule has 1 aliphatic rings. The zero-order valence-electron chi connectivity index (χ0n) is 11.2. The molecule has 2 aromatic carbocycles. The van der Waals surface area contributed by atoms with Crippen molar-refractivity contribution < 1.29 is 8.78 Å². The summed E-state index contributed by atoms with van der Waals surface area (Å²) in [5.74, 6) is -0.567. The Morgan fingerprint density at radius 3 is 2.80 bits per heavy atom. The van der Waals surface area contributed by atoms with Gasteiger partial charge in [0.05, 0.1) is 0 Å². The Balaban J connectivity index is 1.73. The summed E-state index contributed by atoms with van der Waals surface area (Å²) in [5, 5.41) is 3.40. The van der Waals surface area contributed by atoms with Crippen LogP contribution in [-0.4, -0.2) is 6.54 Å². The molecule has 3 rings (SSSR count). The maximum Gasteiger partial charge on any atom is 0.129 e. The van der Waals surface area contributed by atoms with Gasteiger partial charge in [0.1, 0.15) is 11.6 Å². The van der Waals surface area contributed by atoms with E-state index in [0.717, 1.165) is 25.6 Å². The third-order valence-electron chi connectivity index (χ3n) is 3.98. The van der Waals surface area contributed by atoms with E-state index in [2.05, 4.69) is 23.5 Å². The van der Waals surface area contributed by atoms with Crippen molar-refractivity contribution in [3.8, 4) is 0 Å². The highest BCUT2D eigenvalue weighted by molar-refractivity contribution is 5.33. The molecule has 2 aromatic rings. The average Bonchev–Trinajstić information content (AvgIpc) is 2.46. The van der Waals surface area contributed by atoms with Gasteiger partial charge in [-0.05, 0) is 41.5 Å². The highest BCUT2D eigenvalue weighted by Crippen LogP contribution is 2.28. The summed E-state index contributed by atoms with van der Waals surface area (Å²) >= 11 is 0. The Labute approximate surface area is 117 Å².